The van der Waals surface area contributed by atoms with E-state index in [-0.39, 0.29) is 17.1 Å². The smallest absolute Gasteiger partial charge is 0.330 e. The molecule has 0 saturated carbocycles. The molecule has 0 atom stereocenters. The summed E-state index contributed by atoms with van der Waals surface area (Å²) in [5.74, 6) is -3.18. The van der Waals surface area contributed by atoms with E-state index in [2.05, 4.69) is 31.1 Å². The lowest BCUT2D eigenvalue weighted by atomic mass is 10.2. The second-order valence-corrected chi connectivity index (χ2v) is 3.85. The lowest BCUT2D eigenvalue weighted by molar-refractivity contribution is -0.137. The van der Waals surface area contributed by atoms with Crippen LogP contribution in [0.2, 0.25) is 0 Å². The number of ether oxygens (including phenoxy) is 1. The zero-order valence-corrected chi connectivity index (χ0v) is 14.8. The topological polar surface area (TPSA) is 138 Å². The third-order valence-electron chi connectivity index (χ3n) is 1.72. The maximum atomic E-state index is 10.1. The Hall–Kier alpha value is -3.16. The van der Waals surface area contributed by atoms with Crippen LogP contribution >= 0.6 is 0 Å². The van der Waals surface area contributed by atoms with Gasteiger partial charge >= 0.3 is 23.9 Å². The number of carboxylic acid groups (broad SMARTS) is 3. The first-order valence-corrected chi connectivity index (χ1v) is 6.85. The average Bonchev–Trinajstić information content (AvgIpc) is 2.55. The predicted octanol–water partition coefficient (Wildman–Crippen LogP) is 2.68. The van der Waals surface area contributed by atoms with Crippen molar-refractivity contribution in [3.05, 3.63) is 49.6 Å². The Morgan fingerprint density at radius 3 is 1.32 bits per heavy atom. The normalized spacial score (nSPS) is 7.48. The Labute approximate surface area is 147 Å². The summed E-state index contributed by atoms with van der Waals surface area (Å²) in [6.45, 7) is 18.0. The van der Waals surface area contributed by atoms with Gasteiger partial charge in [0, 0.05) is 23.3 Å². The lowest BCUT2D eigenvalue weighted by Crippen LogP contribution is -1.97. The number of rotatable bonds is 6. The summed E-state index contributed by atoms with van der Waals surface area (Å²) < 4.78 is 4.43. The standard InChI is InChI=1S/2C5H8O2.C4H6O2.C3H4O2/c1-3-5(6)7-4-2;1-3-4(2)5(6)7;1-3(2)4(5)6;1-2-3(4)5/h3H,1,4H2,2H3;2-3H2,1H3,(H,6,7);1H2,2H3,(H,5,6);2H,1H2,(H,4,5). The van der Waals surface area contributed by atoms with Crippen LogP contribution in [0.5, 0.6) is 0 Å². The zero-order valence-electron chi connectivity index (χ0n) is 14.8. The van der Waals surface area contributed by atoms with Crippen molar-refractivity contribution >= 4 is 23.9 Å². The molecule has 0 saturated heterocycles. The summed E-state index contributed by atoms with van der Waals surface area (Å²) >= 11 is 0. The van der Waals surface area contributed by atoms with E-state index in [9.17, 15) is 19.2 Å². The average molecular weight is 358 g/mol. The molecule has 0 unspecified atom stereocenters. The minimum atomic E-state index is -0.981. The summed E-state index contributed by atoms with van der Waals surface area (Å²) in [7, 11) is 0. The van der Waals surface area contributed by atoms with Gasteiger partial charge in [0.15, 0.2) is 0 Å². The first-order chi connectivity index (χ1) is 11.4. The van der Waals surface area contributed by atoms with Crippen molar-refractivity contribution in [2.45, 2.75) is 27.2 Å². The molecule has 0 spiro atoms. The quantitative estimate of drug-likeness (QED) is 0.486. The fourth-order valence-corrected chi connectivity index (χ4v) is 0.352. The van der Waals surface area contributed by atoms with Crippen LogP contribution < -0.4 is 0 Å². The molecule has 8 heteroatoms. The minimum Gasteiger partial charge on any atom is -0.478 e. The molecule has 0 aliphatic carbocycles. The van der Waals surface area contributed by atoms with Crippen LogP contribution in [-0.2, 0) is 23.9 Å². The SMILES string of the molecule is C=C(C)C(=O)O.C=C(CC)C(=O)O.C=CC(=O)O.C=CC(=O)OCC. The molecule has 3 N–H and O–H groups in total. The van der Waals surface area contributed by atoms with E-state index in [0.29, 0.717) is 13.0 Å². The van der Waals surface area contributed by atoms with Crippen molar-refractivity contribution in [1.29, 1.82) is 0 Å². The second kappa shape index (κ2) is 20.8. The first kappa shape index (κ1) is 29.8. The molecule has 0 heterocycles. The highest BCUT2D eigenvalue weighted by Crippen LogP contribution is 1.93. The van der Waals surface area contributed by atoms with Gasteiger partial charge in [-0.2, -0.15) is 0 Å². The van der Waals surface area contributed by atoms with Crippen molar-refractivity contribution in [2.24, 2.45) is 0 Å². The molecular weight excluding hydrogens is 332 g/mol. The number of hydrogen-bond acceptors (Lipinski definition) is 5. The Morgan fingerprint density at radius 1 is 0.920 bits per heavy atom. The van der Waals surface area contributed by atoms with Crippen molar-refractivity contribution < 1.29 is 39.2 Å². The number of esters is 1. The van der Waals surface area contributed by atoms with Crippen molar-refractivity contribution in [2.75, 3.05) is 6.61 Å². The van der Waals surface area contributed by atoms with Gasteiger partial charge in [-0.25, -0.2) is 19.2 Å². The molecule has 0 radical (unpaired) electrons. The van der Waals surface area contributed by atoms with Gasteiger partial charge in [-0.1, -0.05) is 33.2 Å². The van der Waals surface area contributed by atoms with Gasteiger partial charge < -0.3 is 20.1 Å². The van der Waals surface area contributed by atoms with Crippen LogP contribution in [-0.4, -0.2) is 45.8 Å². The molecule has 0 aromatic heterocycles. The largest absolute Gasteiger partial charge is 0.478 e. The molecular formula is C17H26O8. The van der Waals surface area contributed by atoms with E-state index in [1.807, 2.05) is 0 Å². The third-order valence-corrected chi connectivity index (χ3v) is 1.72. The second-order valence-electron chi connectivity index (χ2n) is 3.85. The molecule has 0 aliphatic heterocycles. The van der Waals surface area contributed by atoms with Crippen molar-refractivity contribution in [3.8, 4) is 0 Å². The summed E-state index contributed by atoms with van der Waals surface area (Å²) in [6.07, 6.45) is 2.50. The van der Waals surface area contributed by atoms with Gasteiger partial charge in [0.1, 0.15) is 0 Å². The van der Waals surface area contributed by atoms with Crippen molar-refractivity contribution in [1.82, 2.24) is 0 Å². The van der Waals surface area contributed by atoms with E-state index in [4.69, 9.17) is 15.3 Å². The van der Waals surface area contributed by atoms with Gasteiger partial charge in [0.05, 0.1) is 6.61 Å². The molecule has 0 bridgehead atoms. The highest BCUT2D eigenvalue weighted by Gasteiger charge is 1.96. The van der Waals surface area contributed by atoms with Crippen LogP contribution in [0.3, 0.4) is 0 Å². The van der Waals surface area contributed by atoms with Gasteiger partial charge in [-0.05, 0) is 20.3 Å². The summed E-state index contributed by atoms with van der Waals surface area (Å²) in [5, 5.41) is 23.6. The number of carbonyl (C=O) groups excluding carboxylic acids is 1. The van der Waals surface area contributed by atoms with Crippen LogP contribution in [0.4, 0.5) is 0 Å². The minimum absolute atomic E-state index is 0.176. The lowest BCUT2D eigenvalue weighted by Gasteiger charge is -1.90. The van der Waals surface area contributed by atoms with E-state index in [1.54, 1.807) is 13.8 Å². The van der Waals surface area contributed by atoms with E-state index in [1.165, 1.54) is 6.92 Å². The van der Waals surface area contributed by atoms with E-state index < -0.39 is 17.9 Å². The maximum absolute atomic E-state index is 10.1. The van der Waals surface area contributed by atoms with Gasteiger partial charge in [-0.3, -0.25) is 0 Å². The van der Waals surface area contributed by atoms with Gasteiger partial charge in [-0.15, -0.1) is 0 Å². The predicted molar refractivity (Wildman–Crippen MR) is 94.2 cm³/mol. The van der Waals surface area contributed by atoms with E-state index >= 15 is 0 Å². The highest BCUT2D eigenvalue weighted by molar-refractivity contribution is 5.85. The maximum Gasteiger partial charge on any atom is 0.330 e. The fourth-order valence-electron chi connectivity index (χ4n) is 0.352. The Morgan fingerprint density at radius 2 is 1.28 bits per heavy atom. The molecule has 0 aromatic rings. The molecule has 8 nitrogen and oxygen atoms in total. The fraction of sp³-hybridized carbons (Fsp3) is 0.294. The number of hydrogen-bond donors (Lipinski definition) is 3. The Balaban J connectivity index is -0.000000119. The molecule has 0 fully saturated rings. The summed E-state index contributed by atoms with van der Waals surface area (Å²) in [6, 6.07) is 0. The van der Waals surface area contributed by atoms with Crippen LogP contribution in [0.15, 0.2) is 49.6 Å². The summed E-state index contributed by atoms with van der Waals surface area (Å²) in [5.41, 5.74) is 0.440. The van der Waals surface area contributed by atoms with Gasteiger partial charge in [0.2, 0.25) is 0 Å². The molecule has 0 aromatic carbocycles. The molecule has 142 valence electrons. The molecule has 0 rings (SSSR count). The van der Waals surface area contributed by atoms with Crippen LogP contribution in [0, 0.1) is 0 Å². The molecule has 25 heavy (non-hydrogen) atoms. The Kier molecular flexibility index (Phi) is 24.8. The third kappa shape index (κ3) is 38.6. The van der Waals surface area contributed by atoms with Gasteiger partial charge in [0.25, 0.3) is 0 Å². The summed E-state index contributed by atoms with van der Waals surface area (Å²) in [4.78, 5) is 38.8. The number of carboxylic acids is 3. The number of aliphatic carboxylic acids is 3. The van der Waals surface area contributed by atoms with Crippen LogP contribution in [0.1, 0.15) is 27.2 Å². The monoisotopic (exact) mass is 358 g/mol. The van der Waals surface area contributed by atoms with E-state index in [0.717, 1.165) is 12.2 Å². The highest BCUT2D eigenvalue weighted by atomic mass is 16.5. The molecule has 0 amide bonds. The number of carbonyl (C=O) groups is 4. The zero-order chi connectivity index (χ0) is 21.0. The van der Waals surface area contributed by atoms with Crippen molar-refractivity contribution in [3.63, 3.8) is 0 Å². The first-order valence-electron chi connectivity index (χ1n) is 6.85. The van der Waals surface area contributed by atoms with Crippen LogP contribution in [0.25, 0.3) is 0 Å². The molecule has 0 aliphatic rings. The Bertz CT molecular complexity index is 475.